The summed E-state index contributed by atoms with van der Waals surface area (Å²) in [6.45, 7) is 5.78. The van der Waals surface area contributed by atoms with Crippen molar-refractivity contribution in [3.8, 4) is 16.9 Å². The second kappa shape index (κ2) is 8.01. The van der Waals surface area contributed by atoms with Gasteiger partial charge in [-0.05, 0) is 43.0 Å². The van der Waals surface area contributed by atoms with E-state index in [1.807, 2.05) is 39.0 Å². The summed E-state index contributed by atoms with van der Waals surface area (Å²) in [5.41, 5.74) is 7.77. The van der Waals surface area contributed by atoms with Crippen molar-refractivity contribution in [3.63, 3.8) is 0 Å². The maximum Gasteiger partial charge on any atom is 0.225 e. The molecule has 1 spiro atoms. The smallest absolute Gasteiger partial charge is 0.225 e. The number of pyridine rings is 1. The van der Waals surface area contributed by atoms with Gasteiger partial charge in [-0.25, -0.2) is 9.38 Å². The Balaban J connectivity index is 1.53. The summed E-state index contributed by atoms with van der Waals surface area (Å²) in [6.07, 6.45) is 5.35. The zero-order valence-corrected chi connectivity index (χ0v) is 19.9. The molecule has 0 bridgehead atoms. The monoisotopic (exact) mass is 468 g/mol. The molecule has 2 aliphatic heterocycles. The number of nitrogens with two attached hydrogens (primary N) is 1. The molecule has 174 valence electrons. The molecule has 8 heteroatoms. The first-order valence-corrected chi connectivity index (χ1v) is 12.4. The van der Waals surface area contributed by atoms with E-state index in [9.17, 15) is 9.18 Å². The molecule has 1 aliphatic carbocycles. The third-order valence-electron chi connectivity index (χ3n) is 6.93. The van der Waals surface area contributed by atoms with Gasteiger partial charge in [-0.15, -0.1) is 0 Å². The fraction of sp³-hybridized carbons (Fsp3) is 0.480. The van der Waals surface area contributed by atoms with Gasteiger partial charge < -0.3 is 15.8 Å². The molecule has 0 radical (unpaired) electrons. The van der Waals surface area contributed by atoms with Crippen LogP contribution in [-0.4, -0.2) is 34.0 Å². The number of amides is 1. The van der Waals surface area contributed by atoms with Gasteiger partial charge in [0.1, 0.15) is 23.2 Å². The maximum atomic E-state index is 13.8. The summed E-state index contributed by atoms with van der Waals surface area (Å²) in [5, 5.41) is 3.82. The van der Waals surface area contributed by atoms with Crippen LogP contribution in [0.25, 0.3) is 11.1 Å². The highest BCUT2D eigenvalue weighted by Crippen LogP contribution is 2.54. The van der Waals surface area contributed by atoms with Crippen molar-refractivity contribution in [2.75, 3.05) is 5.75 Å². The number of ether oxygens (including phenoxy) is 1. The fourth-order valence-electron chi connectivity index (χ4n) is 5.18. The third-order valence-corrected chi connectivity index (χ3v) is 7.90. The molecule has 5 rings (SSSR count). The predicted molar refractivity (Wildman–Crippen MR) is 129 cm³/mol. The lowest BCUT2D eigenvalue weighted by atomic mass is 9.67. The summed E-state index contributed by atoms with van der Waals surface area (Å²) >= 11 is 1.56. The van der Waals surface area contributed by atoms with Gasteiger partial charge in [-0.3, -0.25) is 9.78 Å². The van der Waals surface area contributed by atoms with E-state index in [0.717, 1.165) is 41.9 Å². The Morgan fingerprint density at radius 1 is 1.24 bits per heavy atom. The molecule has 1 fully saturated rings. The predicted octanol–water partition coefficient (Wildman–Crippen LogP) is 4.24. The molecule has 33 heavy (non-hydrogen) atoms. The average Bonchev–Trinajstić information content (AvgIpc) is 3.16. The van der Waals surface area contributed by atoms with E-state index in [0.29, 0.717) is 10.7 Å². The number of amidine groups is 1. The van der Waals surface area contributed by atoms with Crippen molar-refractivity contribution in [3.05, 3.63) is 48.0 Å². The topological polar surface area (TPSA) is 89.6 Å². The van der Waals surface area contributed by atoms with Crippen LogP contribution in [0.1, 0.15) is 45.6 Å². The number of hydrogen-bond acceptors (Lipinski definition) is 6. The van der Waals surface area contributed by atoms with Crippen LogP contribution >= 0.6 is 11.8 Å². The lowest BCUT2D eigenvalue weighted by Gasteiger charge is -2.49. The minimum atomic E-state index is -0.533. The minimum Gasteiger partial charge on any atom is -0.490 e. The number of halogens is 1. The number of fused-ring (bicyclic) bond motifs is 4. The molecule has 1 saturated carbocycles. The van der Waals surface area contributed by atoms with Gasteiger partial charge in [0.05, 0.1) is 6.20 Å². The van der Waals surface area contributed by atoms with Crippen molar-refractivity contribution in [2.45, 2.75) is 57.7 Å². The largest absolute Gasteiger partial charge is 0.490 e. The van der Waals surface area contributed by atoms with Crippen LogP contribution in [0.4, 0.5) is 4.39 Å². The number of rotatable bonds is 2. The number of carbonyl (C=O) groups is 1. The Morgan fingerprint density at radius 3 is 2.76 bits per heavy atom. The summed E-state index contributed by atoms with van der Waals surface area (Å²) in [5.74, 6) is 1.29. The molecule has 1 aromatic heterocycles. The molecule has 1 unspecified atom stereocenters. The molecule has 1 amide bonds. The highest BCUT2D eigenvalue weighted by molar-refractivity contribution is 8.14. The summed E-state index contributed by atoms with van der Waals surface area (Å²) in [6, 6.07) is 7.48. The molecule has 1 aromatic carbocycles. The number of carbonyl (C=O) groups excluding carboxylic acids is 1. The van der Waals surface area contributed by atoms with Crippen molar-refractivity contribution in [2.24, 2.45) is 22.1 Å². The molecule has 4 atom stereocenters. The highest BCUT2D eigenvalue weighted by atomic mass is 32.2. The minimum absolute atomic E-state index is 0.0113. The Kier molecular flexibility index (Phi) is 5.39. The van der Waals surface area contributed by atoms with Crippen LogP contribution in [0.15, 0.2) is 41.7 Å². The second-order valence-electron chi connectivity index (χ2n) is 10.3. The number of nitrogens with zero attached hydrogens (tertiary/aromatic N) is 2. The van der Waals surface area contributed by atoms with E-state index in [2.05, 4.69) is 10.3 Å². The summed E-state index contributed by atoms with van der Waals surface area (Å²) < 4.78 is 20.3. The molecule has 3 N–H and O–H groups in total. The summed E-state index contributed by atoms with van der Waals surface area (Å²) in [7, 11) is 0. The first kappa shape index (κ1) is 22.2. The van der Waals surface area contributed by atoms with Crippen LogP contribution in [0.3, 0.4) is 0 Å². The fourth-order valence-corrected chi connectivity index (χ4v) is 6.21. The van der Waals surface area contributed by atoms with E-state index in [1.54, 1.807) is 18.0 Å². The Hall–Kier alpha value is -2.61. The number of benzene rings is 1. The van der Waals surface area contributed by atoms with Gasteiger partial charge in [0, 0.05) is 40.5 Å². The van der Waals surface area contributed by atoms with Crippen molar-refractivity contribution >= 4 is 22.8 Å². The quantitative estimate of drug-likeness (QED) is 0.688. The molecular formula is C25H29FN4O2S. The van der Waals surface area contributed by atoms with E-state index in [-0.39, 0.29) is 29.8 Å². The van der Waals surface area contributed by atoms with Crippen molar-refractivity contribution < 1.29 is 13.9 Å². The first-order valence-electron chi connectivity index (χ1n) is 11.4. The molecular weight excluding hydrogens is 439 g/mol. The van der Waals surface area contributed by atoms with Crippen LogP contribution in [0.5, 0.6) is 5.75 Å². The van der Waals surface area contributed by atoms with Crippen molar-refractivity contribution in [1.82, 2.24) is 10.3 Å². The van der Waals surface area contributed by atoms with Crippen LogP contribution in [-0.2, 0) is 10.3 Å². The molecule has 6 nitrogen and oxygen atoms in total. The van der Waals surface area contributed by atoms with E-state index in [4.69, 9.17) is 15.5 Å². The van der Waals surface area contributed by atoms with Gasteiger partial charge in [0.25, 0.3) is 0 Å². The van der Waals surface area contributed by atoms with Crippen LogP contribution < -0.4 is 15.8 Å². The third kappa shape index (κ3) is 3.98. The SMILES string of the molecule is CC(C)(C)C(=O)N[C@@H]1CC[C@@H]2Oc3ccc(-c4cncc(F)c4)cc3C3(CSC(N)=N3)[C@H]2C1. The zero-order chi connectivity index (χ0) is 23.4. The molecule has 3 aliphatic rings. The second-order valence-corrected chi connectivity index (χ2v) is 11.3. The highest BCUT2D eigenvalue weighted by Gasteiger charge is 2.54. The van der Waals surface area contributed by atoms with Gasteiger partial charge >= 0.3 is 0 Å². The molecule has 2 aromatic rings. The van der Waals surface area contributed by atoms with Gasteiger partial charge in [0.2, 0.25) is 5.91 Å². The lowest BCUT2D eigenvalue weighted by molar-refractivity contribution is -0.130. The number of aliphatic imine (C=N–C) groups is 1. The molecule has 0 saturated heterocycles. The maximum absolute atomic E-state index is 13.8. The van der Waals surface area contributed by atoms with E-state index < -0.39 is 11.0 Å². The molecule has 3 heterocycles. The van der Waals surface area contributed by atoms with Crippen molar-refractivity contribution in [1.29, 1.82) is 0 Å². The van der Waals surface area contributed by atoms with Gasteiger partial charge in [0.15, 0.2) is 5.17 Å². The summed E-state index contributed by atoms with van der Waals surface area (Å²) in [4.78, 5) is 21.6. The Morgan fingerprint density at radius 2 is 2.06 bits per heavy atom. The van der Waals surface area contributed by atoms with Crippen LogP contribution in [0, 0.1) is 17.2 Å². The average molecular weight is 469 g/mol. The zero-order valence-electron chi connectivity index (χ0n) is 19.1. The van der Waals surface area contributed by atoms with Crippen LogP contribution in [0.2, 0.25) is 0 Å². The number of aromatic nitrogens is 1. The first-order chi connectivity index (χ1) is 15.7. The lowest BCUT2D eigenvalue weighted by Crippen LogP contribution is -2.55. The number of hydrogen-bond donors (Lipinski definition) is 2. The Labute approximate surface area is 197 Å². The van der Waals surface area contributed by atoms with E-state index >= 15 is 0 Å². The van der Waals surface area contributed by atoms with E-state index in [1.165, 1.54) is 12.3 Å². The standard InChI is InChI=1S/C25H29FN4O2S/c1-24(2,3)22(31)29-17-5-7-21-19(10-17)25(13-33-23(27)30-25)18-9-14(4-6-20(18)32-21)15-8-16(26)12-28-11-15/h4,6,8-9,11-12,17,19,21H,5,7,10,13H2,1-3H3,(H2,27,30)(H,29,31)/t17-,19+,21+,25?/m1/s1. The Bertz CT molecular complexity index is 1130. The van der Waals surface area contributed by atoms with Gasteiger partial charge in [-0.2, -0.15) is 0 Å². The number of thioether (sulfide) groups is 1. The normalized spacial score (nSPS) is 28.5. The number of nitrogens with one attached hydrogen (secondary N) is 1. The van der Waals surface area contributed by atoms with Gasteiger partial charge in [-0.1, -0.05) is 38.6 Å².